The van der Waals surface area contributed by atoms with E-state index in [-0.39, 0.29) is 24.0 Å². The second-order valence-electron chi connectivity index (χ2n) is 4.56. The fourth-order valence-electron chi connectivity index (χ4n) is 2.35. The molecule has 0 aromatic carbocycles. The summed E-state index contributed by atoms with van der Waals surface area (Å²) in [4.78, 5) is 13.7. The first kappa shape index (κ1) is 11.1. The largest absolute Gasteiger partial charge is 0.364 e. The van der Waals surface area contributed by atoms with Crippen molar-refractivity contribution < 1.29 is 9.32 Å². The van der Waals surface area contributed by atoms with Crippen molar-refractivity contribution in [3.05, 3.63) is 17.5 Å². The van der Waals surface area contributed by atoms with Crippen molar-refractivity contribution in [2.24, 2.45) is 5.73 Å². The van der Waals surface area contributed by atoms with Crippen molar-refractivity contribution in [1.29, 1.82) is 0 Å². The zero-order valence-electron chi connectivity index (χ0n) is 9.80. The second kappa shape index (κ2) is 3.90. The highest BCUT2D eigenvalue weighted by molar-refractivity contribution is 5.80. The summed E-state index contributed by atoms with van der Waals surface area (Å²) in [7, 11) is 0. The minimum absolute atomic E-state index is 0.0984. The maximum atomic E-state index is 11.8. The van der Waals surface area contributed by atoms with Crippen molar-refractivity contribution >= 4 is 5.91 Å². The molecule has 0 saturated carbocycles. The van der Waals surface area contributed by atoms with Crippen molar-refractivity contribution in [3.8, 4) is 0 Å². The van der Waals surface area contributed by atoms with Gasteiger partial charge in [-0.25, -0.2) is 0 Å². The summed E-state index contributed by atoms with van der Waals surface area (Å²) in [5.41, 5.74) is 7.76. The van der Waals surface area contributed by atoms with Gasteiger partial charge in [0.05, 0.1) is 11.7 Å². The Kier molecular flexibility index (Phi) is 2.71. The summed E-state index contributed by atoms with van der Waals surface area (Å²) >= 11 is 0. The molecule has 5 nitrogen and oxygen atoms in total. The molecule has 1 amide bonds. The van der Waals surface area contributed by atoms with Crippen molar-refractivity contribution in [2.75, 3.05) is 0 Å². The predicted molar refractivity (Wildman–Crippen MR) is 58.6 cm³/mol. The number of nitrogens with zero attached hydrogens (tertiary/aromatic N) is 2. The van der Waals surface area contributed by atoms with Gasteiger partial charge in [-0.3, -0.25) is 4.79 Å². The number of amides is 1. The molecule has 1 saturated heterocycles. The molecule has 1 fully saturated rings. The third kappa shape index (κ3) is 1.61. The molecule has 1 aromatic rings. The molecule has 2 N–H and O–H groups in total. The van der Waals surface area contributed by atoms with E-state index in [2.05, 4.69) is 5.16 Å². The van der Waals surface area contributed by atoms with Gasteiger partial charge in [-0.1, -0.05) is 5.16 Å². The van der Waals surface area contributed by atoms with Gasteiger partial charge >= 0.3 is 0 Å². The molecule has 2 heterocycles. The quantitative estimate of drug-likeness (QED) is 0.811. The van der Waals surface area contributed by atoms with Crippen LogP contribution in [0.1, 0.15) is 37.6 Å². The van der Waals surface area contributed by atoms with Gasteiger partial charge in [0.15, 0.2) is 0 Å². The zero-order chi connectivity index (χ0) is 11.9. The van der Waals surface area contributed by atoms with Crippen LogP contribution in [0.4, 0.5) is 0 Å². The zero-order valence-corrected chi connectivity index (χ0v) is 9.80. The normalized spacial score (nSPS) is 25.8. The Morgan fingerprint density at radius 3 is 2.81 bits per heavy atom. The Morgan fingerprint density at radius 1 is 1.62 bits per heavy atom. The summed E-state index contributed by atoms with van der Waals surface area (Å²) in [5.74, 6) is 0.105. The van der Waals surface area contributed by atoms with E-state index < -0.39 is 0 Å². The van der Waals surface area contributed by atoms with Crippen LogP contribution in [0.2, 0.25) is 0 Å². The fourth-order valence-corrected chi connectivity index (χ4v) is 2.35. The molecule has 1 aromatic heterocycles. The lowest BCUT2D eigenvalue weighted by molar-refractivity contribution is -0.130. The van der Waals surface area contributed by atoms with Crippen LogP contribution in [0.5, 0.6) is 0 Å². The second-order valence-corrected chi connectivity index (χ2v) is 4.56. The number of likely N-dealkylation sites (tertiary alicyclic amines) is 1. The summed E-state index contributed by atoms with van der Waals surface area (Å²) < 4.78 is 4.93. The summed E-state index contributed by atoms with van der Waals surface area (Å²) in [6.45, 7) is 5.85. The molecule has 2 rings (SSSR count). The first-order valence-electron chi connectivity index (χ1n) is 5.50. The van der Waals surface area contributed by atoms with Gasteiger partial charge in [-0.15, -0.1) is 0 Å². The predicted octanol–water partition coefficient (Wildman–Crippen LogP) is 0.992. The molecule has 0 unspecified atom stereocenters. The maximum Gasteiger partial charge on any atom is 0.225 e. The van der Waals surface area contributed by atoms with Gasteiger partial charge in [0.1, 0.15) is 6.26 Å². The van der Waals surface area contributed by atoms with E-state index in [1.54, 1.807) is 6.26 Å². The lowest BCUT2D eigenvalue weighted by atomic mass is 10.0. The third-order valence-corrected chi connectivity index (χ3v) is 3.07. The highest BCUT2D eigenvalue weighted by Crippen LogP contribution is 2.34. The summed E-state index contributed by atoms with van der Waals surface area (Å²) in [5, 5.41) is 3.85. The Bertz CT molecular complexity index is 400. The number of carbonyl (C=O) groups excluding carboxylic acids is 1. The highest BCUT2D eigenvalue weighted by atomic mass is 16.5. The number of aromatic nitrogens is 1. The monoisotopic (exact) mass is 223 g/mol. The van der Waals surface area contributed by atoms with Gasteiger partial charge < -0.3 is 15.2 Å². The number of nitrogens with two attached hydrogens (primary N) is 1. The van der Waals surface area contributed by atoms with Crippen LogP contribution in [0, 0.1) is 6.92 Å². The molecule has 5 heteroatoms. The Labute approximate surface area is 94.6 Å². The van der Waals surface area contributed by atoms with Crippen molar-refractivity contribution in [1.82, 2.24) is 10.1 Å². The molecule has 0 radical (unpaired) electrons. The Morgan fingerprint density at radius 2 is 2.31 bits per heavy atom. The average molecular weight is 223 g/mol. The minimum Gasteiger partial charge on any atom is -0.364 e. The van der Waals surface area contributed by atoms with Crippen LogP contribution in [-0.2, 0) is 4.79 Å². The number of hydrogen-bond donors (Lipinski definition) is 1. The van der Waals surface area contributed by atoms with Crippen LogP contribution in [0.3, 0.4) is 0 Å². The van der Waals surface area contributed by atoms with Crippen LogP contribution in [0.25, 0.3) is 0 Å². The van der Waals surface area contributed by atoms with Gasteiger partial charge in [0.2, 0.25) is 5.91 Å². The molecule has 0 spiro atoms. The van der Waals surface area contributed by atoms with Gasteiger partial charge in [-0.2, -0.15) is 0 Å². The van der Waals surface area contributed by atoms with Gasteiger partial charge in [0.25, 0.3) is 0 Å². The molecule has 1 aliphatic heterocycles. The molecule has 0 aliphatic carbocycles. The standard InChI is InChI=1S/C11H17N3O2/c1-6(2)14-10(15)4-9(12)11(14)8-5-16-13-7(8)3/h5-6,9,11H,4,12H2,1-3H3/t9-,11+/m0/s1. The van der Waals surface area contributed by atoms with E-state index in [9.17, 15) is 4.79 Å². The van der Waals surface area contributed by atoms with E-state index in [1.807, 2.05) is 25.7 Å². The molecule has 1 aliphatic rings. The average Bonchev–Trinajstić information content (AvgIpc) is 2.69. The molecule has 88 valence electrons. The van der Waals surface area contributed by atoms with Crippen molar-refractivity contribution in [3.63, 3.8) is 0 Å². The van der Waals surface area contributed by atoms with Crippen LogP contribution in [-0.4, -0.2) is 28.0 Å². The summed E-state index contributed by atoms with van der Waals surface area (Å²) in [6, 6.07) is -0.132. The number of carbonyl (C=O) groups is 1. The van der Waals surface area contributed by atoms with Crippen LogP contribution >= 0.6 is 0 Å². The van der Waals surface area contributed by atoms with Gasteiger partial charge in [-0.05, 0) is 20.8 Å². The van der Waals surface area contributed by atoms with E-state index in [1.165, 1.54) is 0 Å². The maximum absolute atomic E-state index is 11.8. The molecule has 16 heavy (non-hydrogen) atoms. The molecular weight excluding hydrogens is 206 g/mol. The van der Waals surface area contributed by atoms with E-state index in [4.69, 9.17) is 10.3 Å². The lowest BCUT2D eigenvalue weighted by Gasteiger charge is -2.29. The van der Waals surface area contributed by atoms with Crippen molar-refractivity contribution in [2.45, 2.75) is 45.3 Å². The van der Waals surface area contributed by atoms with Crippen LogP contribution in [0.15, 0.2) is 10.8 Å². The van der Waals surface area contributed by atoms with Crippen LogP contribution < -0.4 is 5.73 Å². The molecule has 0 bridgehead atoms. The SMILES string of the molecule is Cc1nocc1[C@@H]1[C@@H](N)CC(=O)N1C(C)C. The van der Waals surface area contributed by atoms with E-state index >= 15 is 0 Å². The van der Waals surface area contributed by atoms with Gasteiger partial charge in [0, 0.05) is 24.1 Å². The van der Waals surface area contributed by atoms with E-state index in [0.29, 0.717) is 6.42 Å². The minimum atomic E-state index is -0.173. The number of hydrogen-bond acceptors (Lipinski definition) is 4. The van der Waals surface area contributed by atoms with E-state index in [0.717, 1.165) is 11.3 Å². The topological polar surface area (TPSA) is 72.4 Å². The number of aryl methyl sites for hydroxylation is 1. The third-order valence-electron chi connectivity index (χ3n) is 3.07. The lowest BCUT2D eigenvalue weighted by Crippen LogP contribution is -2.37. The summed E-state index contributed by atoms with van der Waals surface area (Å²) in [6.07, 6.45) is 1.99. The first-order chi connectivity index (χ1) is 7.52. The Hall–Kier alpha value is -1.36. The smallest absolute Gasteiger partial charge is 0.225 e. The molecular formula is C11H17N3O2. The first-order valence-corrected chi connectivity index (χ1v) is 5.50. The fraction of sp³-hybridized carbons (Fsp3) is 0.636. The highest BCUT2D eigenvalue weighted by Gasteiger charge is 2.41. The molecule has 2 atom stereocenters. The number of rotatable bonds is 2. The Balaban J connectivity index is 2.38.